The number of hydrogen-bond donors (Lipinski definition) is 2. The Hall–Kier alpha value is -5.79. The monoisotopic (exact) mass is 675 g/mol. The van der Waals surface area contributed by atoms with Gasteiger partial charge in [-0.3, -0.25) is 0 Å². The normalized spacial score (nSPS) is 12.1. The highest BCUT2D eigenvalue weighted by atomic mass is 79.9. The van der Waals surface area contributed by atoms with Crippen molar-refractivity contribution in [1.29, 1.82) is 0 Å². The Morgan fingerprint density at radius 2 is 0.979 bits per heavy atom. The van der Waals surface area contributed by atoms with Gasteiger partial charge in [0.1, 0.15) is 5.75 Å². The Kier molecular flexibility index (Phi) is 8.70. The van der Waals surface area contributed by atoms with Gasteiger partial charge in [0, 0.05) is 38.2 Å². The second-order valence-electron chi connectivity index (χ2n) is 10.8. The Labute approximate surface area is 282 Å². The summed E-state index contributed by atoms with van der Waals surface area (Å²) in [6, 6.07) is 55.7. The molecular formula is C40H30BrN5O. The molecule has 0 amide bonds. The van der Waals surface area contributed by atoms with Crippen molar-refractivity contribution in [2.75, 3.05) is 10.6 Å². The van der Waals surface area contributed by atoms with Crippen molar-refractivity contribution < 1.29 is 4.74 Å². The van der Waals surface area contributed by atoms with Gasteiger partial charge in [0.2, 0.25) is 5.82 Å². The van der Waals surface area contributed by atoms with E-state index < -0.39 is 5.72 Å². The number of nitrogens with one attached hydrogen (secondary N) is 2. The first-order valence-electron chi connectivity index (χ1n) is 15.2. The fourth-order valence-electron chi connectivity index (χ4n) is 5.32. The second-order valence-corrected chi connectivity index (χ2v) is 11.7. The van der Waals surface area contributed by atoms with Gasteiger partial charge in [-0.05, 0) is 54.6 Å². The molecule has 1 heterocycles. The molecule has 6 nitrogen and oxygen atoms in total. The summed E-state index contributed by atoms with van der Waals surface area (Å²) in [7, 11) is 0. The molecular weight excluding hydrogens is 646 g/mol. The van der Waals surface area contributed by atoms with Crippen LogP contribution in [0.25, 0.3) is 22.8 Å². The summed E-state index contributed by atoms with van der Waals surface area (Å²) in [5, 5.41) is 7.37. The van der Waals surface area contributed by atoms with Gasteiger partial charge in [-0.25, -0.2) is 15.0 Å². The summed E-state index contributed by atoms with van der Waals surface area (Å²) in [4.78, 5) is 15.3. The van der Waals surface area contributed by atoms with E-state index in [1.807, 2.05) is 170 Å². The Balaban J connectivity index is 1.53. The molecule has 1 unspecified atom stereocenters. The van der Waals surface area contributed by atoms with E-state index in [1.54, 1.807) is 0 Å². The third-order valence-corrected chi connectivity index (χ3v) is 8.08. The molecule has 2 N–H and O–H groups in total. The van der Waals surface area contributed by atoms with E-state index in [0.717, 1.165) is 38.2 Å². The lowest BCUT2D eigenvalue weighted by Crippen LogP contribution is -2.45. The lowest BCUT2D eigenvalue weighted by Gasteiger charge is -2.36. The van der Waals surface area contributed by atoms with Gasteiger partial charge in [-0.1, -0.05) is 131 Å². The van der Waals surface area contributed by atoms with Crippen LogP contribution in [0.3, 0.4) is 0 Å². The van der Waals surface area contributed by atoms with Crippen molar-refractivity contribution in [3.63, 3.8) is 0 Å². The third kappa shape index (κ3) is 6.76. The molecule has 0 aliphatic carbocycles. The van der Waals surface area contributed by atoms with E-state index in [2.05, 4.69) is 26.6 Å². The van der Waals surface area contributed by atoms with Gasteiger partial charge in [0.15, 0.2) is 11.6 Å². The van der Waals surface area contributed by atoms with Gasteiger partial charge < -0.3 is 15.4 Å². The third-order valence-electron chi connectivity index (χ3n) is 7.55. The van der Waals surface area contributed by atoms with Crippen LogP contribution in [0.15, 0.2) is 174 Å². The molecule has 0 spiro atoms. The zero-order valence-electron chi connectivity index (χ0n) is 25.3. The van der Waals surface area contributed by atoms with Crippen LogP contribution in [-0.2, 0) is 5.72 Å². The van der Waals surface area contributed by atoms with E-state index in [1.165, 1.54) is 0 Å². The molecule has 1 atom stereocenters. The molecule has 6 aromatic carbocycles. The number of benzene rings is 6. The maximum Gasteiger partial charge on any atom is 0.269 e. The largest absolute Gasteiger partial charge is 0.456 e. The van der Waals surface area contributed by atoms with Gasteiger partial charge in [-0.15, -0.1) is 0 Å². The topological polar surface area (TPSA) is 72.0 Å². The fourth-order valence-corrected chi connectivity index (χ4v) is 5.58. The maximum atomic E-state index is 7.17. The molecule has 0 aliphatic heterocycles. The first-order chi connectivity index (χ1) is 23.2. The van der Waals surface area contributed by atoms with E-state index in [4.69, 9.17) is 19.7 Å². The van der Waals surface area contributed by atoms with Crippen LogP contribution in [-0.4, -0.2) is 15.0 Å². The SMILES string of the molecule is Brc1ccc(OC(Nc2ccccc2)(c2nc(-c3ccccc3)nc(-c3ccccc3)n2)c2ccccc2Nc2ccccc2)cc1. The van der Waals surface area contributed by atoms with Crippen LogP contribution in [0.1, 0.15) is 11.4 Å². The number of para-hydroxylation sites is 3. The summed E-state index contributed by atoms with van der Waals surface area (Å²) < 4.78 is 8.11. The zero-order chi connectivity index (χ0) is 31.9. The Morgan fingerprint density at radius 1 is 0.489 bits per heavy atom. The minimum atomic E-state index is -1.44. The molecule has 0 saturated heterocycles. The van der Waals surface area contributed by atoms with Crippen molar-refractivity contribution >= 4 is 33.0 Å². The van der Waals surface area contributed by atoms with Crippen LogP contribution in [0.5, 0.6) is 5.75 Å². The predicted molar refractivity (Wildman–Crippen MR) is 192 cm³/mol. The van der Waals surface area contributed by atoms with E-state index in [9.17, 15) is 0 Å². The standard InChI is InChI=1S/C40H30BrN5O/c41-31-25-27-34(28-26-31)47-40(46-33-21-11-4-12-22-33,35-23-13-14-24-36(35)42-32-19-9-3-10-20-32)39-44-37(29-15-5-1-6-16-29)43-38(45-39)30-17-7-2-8-18-30/h1-28,42,46H. The molecule has 7 heteroatoms. The van der Waals surface area contributed by atoms with Crippen molar-refractivity contribution in [2.45, 2.75) is 5.72 Å². The highest BCUT2D eigenvalue weighted by Crippen LogP contribution is 2.40. The quantitative estimate of drug-likeness (QED) is 0.141. The summed E-state index contributed by atoms with van der Waals surface area (Å²) in [5.41, 5.74) is 3.64. The molecule has 0 aliphatic rings. The molecule has 228 valence electrons. The van der Waals surface area contributed by atoms with Crippen molar-refractivity contribution in [3.05, 3.63) is 186 Å². The van der Waals surface area contributed by atoms with Gasteiger partial charge in [0.05, 0.1) is 0 Å². The van der Waals surface area contributed by atoms with Crippen molar-refractivity contribution in [2.24, 2.45) is 0 Å². The molecule has 1 aromatic heterocycles. The minimum absolute atomic E-state index is 0.388. The number of ether oxygens (including phenoxy) is 1. The Morgan fingerprint density at radius 3 is 1.55 bits per heavy atom. The van der Waals surface area contributed by atoms with Crippen LogP contribution in [0.4, 0.5) is 17.1 Å². The summed E-state index contributed by atoms with van der Waals surface area (Å²) in [6.07, 6.45) is 0. The van der Waals surface area contributed by atoms with Gasteiger partial charge in [0.25, 0.3) is 5.72 Å². The van der Waals surface area contributed by atoms with Crippen molar-refractivity contribution in [1.82, 2.24) is 15.0 Å². The Bertz CT molecular complexity index is 2000. The lowest BCUT2D eigenvalue weighted by atomic mass is 9.97. The zero-order valence-corrected chi connectivity index (χ0v) is 26.9. The molecule has 7 rings (SSSR count). The number of anilines is 3. The first kappa shape index (κ1) is 29.9. The average Bonchev–Trinajstić information content (AvgIpc) is 3.14. The number of halogens is 1. The average molecular weight is 677 g/mol. The molecule has 0 radical (unpaired) electrons. The highest BCUT2D eigenvalue weighted by molar-refractivity contribution is 9.10. The van der Waals surface area contributed by atoms with E-state index >= 15 is 0 Å². The highest BCUT2D eigenvalue weighted by Gasteiger charge is 2.43. The van der Waals surface area contributed by atoms with Gasteiger partial charge in [-0.2, -0.15) is 0 Å². The predicted octanol–water partition coefficient (Wildman–Crippen LogP) is 10.1. The first-order valence-corrected chi connectivity index (χ1v) is 16.0. The molecule has 7 aromatic rings. The van der Waals surface area contributed by atoms with Crippen LogP contribution in [0, 0.1) is 0 Å². The van der Waals surface area contributed by atoms with Crippen LogP contribution >= 0.6 is 15.9 Å². The van der Waals surface area contributed by atoms with Crippen LogP contribution in [0.2, 0.25) is 0 Å². The summed E-state index contributed by atoms with van der Waals surface area (Å²) in [5.74, 6) is 2.07. The number of hydrogen-bond acceptors (Lipinski definition) is 6. The van der Waals surface area contributed by atoms with E-state index in [-0.39, 0.29) is 0 Å². The smallest absolute Gasteiger partial charge is 0.269 e. The molecule has 0 saturated carbocycles. The van der Waals surface area contributed by atoms with E-state index in [0.29, 0.717) is 23.2 Å². The minimum Gasteiger partial charge on any atom is -0.456 e. The lowest BCUT2D eigenvalue weighted by molar-refractivity contribution is 0.132. The number of rotatable bonds is 10. The summed E-state index contributed by atoms with van der Waals surface area (Å²) >= 11 is 3.57. The maximum absolute atomic E-state index is 7.17. The molecule has 0 fully saturated rings. The fraction of sp³-hybridized carbons (Fsp3) is 0.0250. The van der Waals surface area contributed by atoms with Gasteiger partial charge >= 0.3 is 0 Å². The number of nitrogens with zero attached hydrogens (tertiary/aromatic N) is 3. The number of aromatic nitrogens is 3. The molecule has 0 bridgehead atoms. The van der Waals surface area contributed by atoms with Crippen LogP contribution < -0.4 is 15.4 Å². The second kappa shape index (κ2) is 13.7. The van der Waals surface area contributed by atoms with Crippen molar-refractivity contribution in [3.8, 4) is 28.5 Å². The summed E-state index contributed by atoms with van der Waals surface area (Å²) in [6.45, 7) is 0. The molecule has 47 heavy (non-hydrogen) atoms.